The van der Waals surface area contributed by atoms with E-state index in [1.807, 2.05) is 0 Å². The van der Waals surface area contributed by atoms with Gasteiger partial charge in [0.25, 0.3) is 0 Å². The van der Waals surface area contributed by atoms with Crippen LogP contribution in [-0.4, -0.2) is 5.11 Å². The van der Waals surface area contributed by atoms with Crippen molar-refractivity contribution in [2.75, 3.05) is 0 Å². The maximum atomic E-state index is 13.7. The van der Waals surface area contributed by atoms with Crippen LogP contribution in [0.2, 0.25) is 0 Å². The lowest BCUT2D eigenvalue weighted by Crippen LogP contribution is -2.05. The van der Waals surface area contributed by atoms with Crippen LogP contribution in [0.4, 0.5) is 17.6 Å². The molecule has 19 heavy (non-hydrogen) atoms. The second-order valence-corrected chi connectivity index (χ2v) is 4.20. The highest BCUT2D eigenvalue weighted by Crippen LogP contribution is 2.27. The van der Waals surface area contributed by atoms with Gasteiger partial charge in [0.2, 0.25) is 0 Å². The fourth-order valence-electron chi connectivity index (χ4n) is 1.73. The molecule has 0 bridgehead atoms. The Morgan fingerprint density at radius 3 is 2.16 bits per heavy atom. The number of hydrogen-bond acceptors (Lipinski definition) is 1. The van der Waals surface area contributed by atoms with Crippen LogP contribution in [-0.2, 0) is 0 Å². The number of halogens is 4. The average Bonchev–Trinajstić information content (AvgIpc) is 2.36. The summed E-state index contributed by atoms with van der Waals surface area (Å²) in [6, 6.07) is 4.46. The molecule has 0 fully saturated rings. The zero-order chi connectivity index (χ0) is 14.2. The normalized spacial score (nSPS) is 12.5. The van der Waals surface area contributed by atoms with E-state index >= 15 is 0 Å². The molecule has 1 N–H and O–H groups in total. The van der Waals surface area contributed by atoms with Crippen LogP contribution in [0, 0.1) is 30.2 Å². The van der Waals surface area contributed by atoms with Crippen LogP contribution < -0.4 is 0 Å². The Morgan fingerprint density at radius 1 is 0.842 bits per heavy atom. The standard InChI is InChI=1S/C14H10F4O/c1-7-4-12(17)9(6-11(7)16)14(19)8-2-3-10(15)13(18)5-8/h2-6,14,19H,1H3. The van der Waals surface area contributed by atoms with Gasteiger partial charge in [-0.1, -0.05) is 6.07 Å². The minimum Gasteiger partial charge on any atom is -0.384 e. The summed E-state index contributed by atoms with van der Waals surface area (Å²) in [5.74, 6) is -3.73. The van der Waals surface area contributed by atoms with Crippen molar-refractivity contribution in [3.05, 3.63) is 70.3 Å². The predicted molar refractivity (Wildman–Crippen MR) is 61.5 cm³/mol. The summed E-state index contributed by atoms with van der Waals surface area (Å²) >= 11 is 0. The maximum Gasteiger partial charge on any atom is 0.159 e. The lowest BCUT2D eigenvalue weighted by molar-refractivity contribution is 0.213. The quantitative estimate of drug-likeness (QED) is 0.826. The number of benzene rings is 2. The summed E-state index contributed by atoms with van der Waals surface area (Å²) in [5.41, 5.74) is -0.283. The fourth-order valence-corrected chi connectivity index (χ4v) is 1.73. The fraction of sp³-hybridized carbons (Fsp3) is 0.143. The molecular formula is C14H10F4O. The van der Waals surface area contributed by atoms with E-state index in [4.69, 9.17) is 0 Å². The molecule has 0 amide bonds. The molecule has 0 saturated carbocycles. The molecule has 0 radical (unpaired) electrons. The first-order valence-electron chi connectivity index (χ1n) is 5.48. The zero-order valence-corrected chi connectivity index (χ0v) is 9.92. The van der Waals surface area contributed by atoms with Crippen molar-refractivity contribution in [1.82, 2.24) is 0 Å². The van der Waals surface area contributed by atoms with E-state index in [1.165, 1.54) is 6.92 Å². The molecule has 2 rings (SSSR count). The third kappa shape index (κ3) is 2.61. The van der Waals surface area contributed by atoms with Gasteiger partial charge in [0.15, 0.2) is 11.6 Å². The Morgan fingerprint density at radius 2 is 1.53 bits per heavy atom. The van der Waals surface area contributed by atoms with Crippen molar-refractivity contribution < 1.29 is 22.7 Å². The minimum atomic E-state index is -1.56. The minimum absolute atomic E-state index is 0.0546. The van der Waals surface area contributed by atoms with E-state index < -0.39 is 29.4 Å². The molecule has 0 aromatic heterocycles. The lowest BCUT2D eigenvalue weighted by atomic mass is 9.99. The van der Waals surface area contributed by atoms with Gasteiger partial charge in [0.1, 0.15) is 17.7 Å². The second-order valence-electron chi connectivity index (χ2n) is 4.20. The van der Waals surface area contributed by atoms with Crippen LogP contribution in [0.1, 0.15) is 22.8 Å². The average molecular weight is 270 g/mol. The Balaban J connectivity index is 2.46. The van der Waals surface area contributed by atoms with E-state index in [9.17, 15) is 22.7 Å². The highest BCUT2D eigenvalue weighted by molar-refractivity contribution is 5.34. The van der Waals surface area contributed by atoms with Gasteiger partial charge in [0.05, 0.1) is 0 Å². The molecule has 0 spiro atoms. The van der Waals surface area contributed by atoms with Crippen LogP contribution in [0.3, 0.4) is 0 Å². The summed E-state index contributed by atoms with van der Waals surface area (Å²) in [4.78, 5) is 0. The van der Waals surface area contributed by atoms with Gasteiger partial charge < -0.3 is 5.11 Å². The van der Waals surface area contributed by atoms with Crippen LogP contribution >= 0.6 is 0 Å². The topological polar surface area (TPSA) is 20.2 Å². The summed E-state index contributed by atoms with van der Waals surface area (Å²) in [7, 11) is 0. The van der Waals surface area contributed by atoms with Gasteiger partial charge in [-0.3, -0.25) is 0 Å². The Labute approximate surface area is 107 Å². The number of hydrogen-bond donors (Lipinski definition) is 1. The van der Waals surface area contributed by atoms with E-state index in [0.29, 0.717) is 0 Å². The van der Waals surface area contributed by atoms with Crippen LogP contribution in [0.5, 0.6) is 0 Å². The number of aliphatic hydroxyl groups is 1. The van der Waals surface area contributed by atoms with Crippen molar-refractivity contribution in [2.45, 2.75) is 13.0 Å². The van der Waals surface area contributed by atoms with Gasteiger partial charge in [-0.15, -0.1) is 0 Å². The van der Waals surface area contributed by atoms with E-state index in [0.717, 1.165) is 30.3 Å². The van der Waals surface area contributed by atoms with Crippen molar-refractivity contribution >= 4 is 0 Å². The monoisotopic (exact) mass is 270 g/mol. The van der Waals surface area contributed by atoms with Crippen LogP contribution in [0.15, 0.2) is 30.3 Å². The number of rotatable bonds is 2. The smallest absolute Gasteiger partial charge is 0.159 e. The van der Waals surface area contributed by atoms with Crippen LogP contribution in [0.25, 0.3) is 0 Å². The largest absolute Gasteiger partial charge is 0.384 e. The molecule has 0 aliphatic heterocycles. The van der Waals surface area contributed by atoms with Gasteiger partial charge in [-0.2, -0.15) is 0 Å². The molecule has 2 aromatic carbocycles. The molecule has 0 aliphatic rings. The SMILES string of the molecule is Cc1cc(F)c(C(O)c2ccc(F)c(F)c2)cc1F. The highest BCUT2D eigenvalue weighted by Gasteiger charge is 2.18. The van der Waals surface area contributed by atoms with Crippen molar-refractivity contribution in [1.29, 1.82) is 0 Å². The summed E-state index contributed by atoms with van der Waals surface area (Å²) < 4.78 is 52.8. The van der Waals surface area contributed by atoms with Gasteiger partial charge in [0, 0.05) is 5.56 Å². The first-order chi connectivity index (χ1) is 8.90. The highest BCUT2D eigenvalue weighted by atomic mass is 19.2. The van der Waals surface area contributed by atoms with Gasteiger partial charge in [-0.25, -0.2) is 17.6 Å². The Bertz CT molecular complexity index is 625. The Kier molecular flexibility index (Phi) is 3.57. The Hall–Kier alpha value is -1.88. The third-order valence-corrected chi connectivity index (χ3v) is 2.83. The van der Waals surface area contributed by atoms with Crippen molar-refractivity contribution in [2.24, 2.45) is 0 Å². The van der Waals surface area contributed by atoms with Gasteiger partial charge in [-0.05, 0) is 42.3 Å². The zero-order valence-electron chi connectivity index (χ0n) is 9.92. The van der Waals surface area contributed by atoms with Crippen molar-refractivity contribution in [3.8, 4) is 0 Å². The molecule has 0 heterocycles. The van der Waals surface area contributed by atoms with Gasteiger partial charge >= 0.3 is 0 Å². The van der Waals surface area contributed by atoms with E-state index in [2.05, 4.69) is 0 Å². The summed E-state index contributed by atoms with van der Waals surface area (Å²) in [5, 5.41) is 9.91. The molecule has 100 valence electrons. The maximum absolute atomic E-state index is 13.7. The second kappa shape index (κ2) is 5.01. The van der Waals surface area contributed by atoms with E-state index in [-0.39, 0.29) is 16.7 Å². The first-order valence-corrected chi connectivity index (χ1v) is 5.48. The molecule has 1 nitrogen and oxygen atoms in total. The summed E-state index contributed by atoms with van der Waals surface area (Å²) in [6.07, 6.45) is -1.56. The first kappa shape index (κ1) is 13.5. The number of aryl methyl sites for hydroxylation is 1. The molecular weight excluding hydrogens is 260 g/mol. The number of aliphatic hydroxyl groups excluding tert-OH is 1. The lowest BCUT2D eigenvalue weighted by Gasteiger charge is -2.13. The summed E-state index contributed by atoms with van der Waals surface area (Å²) in [6.45, 7) is 1.38. The predicted octanol–water partition coefficient (Wildman–Crippen LogP) is 3.63. The van der Waals surface area contributed by atoms with Crippen molar-refractivity contribution in [3.63, 3.8) is 0 Å². The molecule has 1 unspecified atom stereocenters. The molecule has 5 heteroatoms. The van der Waals surface area contributed by atoms with E-state index in [1.54, 1.807) is 0 Å². The molecule has 0 saturated heterocycles. The third-order valence-electron chi connectivity index (χ3n) is 2.83. The molecule has 0 aliphatic carbocycles. The molecule has 1 atom stereocenters. The molecule has 2 aromatic rings.